The molecule has 2 aliphatic rings. The Balaban J connectivity index is 1.08. The van der Waals surface area contributed by atoms with E-state index in [0.717, 1.165) is 29.6 Å². The number of imidazole rings is 1. The summed E-state index contributed by atoms with van der Waals surface area (Å²) in [6, 6.07) is 20.7. The van der Waals surface area contributed by atoms with Crippen molar-refractivity contribution in [2.45, 2.75) is 89.4 Å². The quantitative estimate of drug-likeness (QED) is 0.0947. The molecule has 14 heteroatoms. The van der Waals surface area contributed by atoms with Crippen molar-refractivity contribution in [1.29, 1.82) is 0 Å². The number of nitrogens with one attached hydrogen (secondary N) is 3. The molecule has 4 aromatic rings. The van der Waals surface area contributed by atoms with E-state index in [1.165, 1.54) is 0 Å². The molecule has 0 saturated carbocycles. The SMILES string of the molecule is CC(C)C[C@@H](NC(=O)[C@@H](Cc1ccccc1)NC(=O)[C@H](N)Cc1ccccc1)C(=O)N[C@H](CCCCN)C(=O)N1CCC2(CC1)CN(C(=O)c1cn3ccccc3n1)C2. The molecule has 4 atom stereocenters. The standard InChI is InChI=1S/C45H59N9O5/c1-31(2)25-36(51-42(57)37(27-33-15-7-4-8-16-33)50-40(55)34(47)26-32-13-5-3-6-14-32)41(56)49-35(17-9-11-21-46)43(58)52-23-19-45(20-24-52)29-54(30-45)44(59)38-28-53-22-12-10-18-39(53)48-38/h3-8,10,12-16,18,22,28,31,34-37H,9,11,17,19-21,23-27,29-30,46-47H2,1-2H3,(H,49,56)(H,50,55)(H,51,57)/t34-,35-,36-,37-/m1/s1. The van der Waals surface area contributed by atoms with Crippen LogP contribution in [0.25, 0.3) is 5.65 Å². The van der Waals surface area contributed by atoms with Crippen LogP contribution in [-0.2, 0) is 32.0 Å². The Labute approximate surface area is 346 Å². The Hall–Kier alpha value is -5.60. The normalized spacial score (nSPS) is 16.8. The summed E-state index contributed by atoms with van der Waals surface area (Å²) in [7, 11) is 0. The molecule has 2 aliphatic heterocycles. The summed E-state index contributed by atoms with van der Waals surface area (Å²) in [6.07, 6.45) is 7.64. The van der Waals surface area contributed by atoms with Gasteiger partial charge in [-0.1, -0.05) is 80.6 Å². The zero-order valence-electron chi connectivity index (χ0n) is 34.2. The second kappa shape index (κ2) is 19.9. The third kappa shape index (κ3) is 11.3. The molecule has 14 nitrogen and oxygen atoms in total. The first-order valence-corrected chi connectivity index (χ1v) is 20.9. The molecule has 0 unspecified atom stereocenters. The molecule has 4 heterocycles. The molecule has 0 aliphatic carbocycles. The molecule has 1 spiro atoms. The van der Waals surface area contributed by atoms with Crippen LogP contribution in [0, 0.1) is 11.3 Å². The Kier molecular flexibility index (Phi) is 14.5. The van der Waals surface area contributed by atoms with Gasteiger partial charge >= 0.3 is 0 Å². The molecule has 2 aromatic heterocycles. The van der Waals surface area contributed by atoms with Crippen LogP contribution in [0.15, 0.2) is 91.3 Å². The van der Waals surface area contributed by atoms with Crippen molar-refractivity contribution < 1.29 is 24.0 Å². The fourth-order valence-electron chi connectivity index (χ4n) is 8.14. The number of carbonyl (C=O) groups is 5. The maximum Gasteiger partial charge on any atom is 0.274 e. The van der Waals surface area contributed by atoms with Crippen molar-refractivity contribution >= 4 is 35.2 Å². The van der Waals surface area contributed by atoms with Gasteiger partial charge in [0, 0.05) is 50.4 Å². The number of nitrogens with zero attached hydrogens (tertiary/aromatic N) is 4. The highest BCUT2D eigenvalue weighted by Gasteiger charge is 2.48. The molecular formula is C45H59N9O5. The summed E-state index contributed by atoms with van der Waals surface area (Å²) in [5, 5.41) is 8.78. The topological polar surface area (TPSA) is 197 Å². The van der Waals surface area contributed by atoms with E-state index >= 15 is 0 Å². The molecule has 7 N–H and O–H groups in total. The van der Waals surface area contributed by atoms with Gasteiger partial charge in [0.1, 0.15) is 29.5 Å². The van der Waals surface area contributed by atoms with Gasteiger partial charge in [-0.15, -0.1) is 0 Å². The van der Waals surface area contributed by atoms with E-state index < -0.39 is 41.9 Å². The maximum atomic E-state index is 14.1. The van der Waals surface area contributed by atoms with Gasteiger partial charge in [-0.3, -0.25) is 24.0 Å². The summed E-state index contributed by atoms with van der Waals surface area (Å²) >= 11 is 0. The van der Waals surface area contributed by atoms with Gasteiger partial charge in [-0.05, 0) is 80.7 Å². The Bertz CT molecular complexity index is 2010. The Morgan fingerprint density at radius 2 is 1.32 bits per heavy atom. The first-order chi connectivity index (χ1) is 28.4. The van der Waals surface area contributed by atoms with Crippen LogP contribution in [0.3, 0.4) is 0 Å². The lowest BCUT2D eigenvalue weighted by Crippen LogP contribution is -2.63. The molecule has 0 bridgehead atoms. The maximum absolute atomic E-state index is 14.1. The number of rotatable bonds is 18. The number of fused-ring (bicyclic) bond motifs is 1. The minimum Gasteiger partial charge on any atom is -0.343 e. The smallest absolute Gasteiger partial charge is 0.274 e. The van der Waals surface area contributed by atoms with Crippen LogP contribution in [-0.4, -0.2) is 106 Å². The highest BCUT2D eigenvalue weighted by Crippen LogP contribution is 2.41. The van der Waals surface area contributed by atoms with Gasteiger partial charge < -0.3 is 41.6 Å². The van der Waals surface area contributed by atoms with Crippen LogP contribution in [0.5, 0.6) is 0 Å². The van der Waals surface area contributed by atoms with Crippen molar-refractivity contribution in [3.05, 3.63) is 108 Å². The van der Waals surface area contributed by atoms with Gasteiger partial charge in [0.2, 0.25) is 23.6 Å². The molecule has 2 saturated heterocycles. The number of pyridine rings is 1. The monoisotopic (exact) mass is 805 g/mol. The lowest BCUT2D eigenvalue weighted by atomic mass is 9.71. The fraction of sp³-hybridized carbons (Fsp3) is 0.467. The number of likely N-dealkylation sites (tertiary alicyclic amines) is 2. The Morgan fingerprint density at radius 3 is 1.95 bits per heavy atom. The predicted octanol–water partition coefficient (Wildman–Crippen LogP) is 2.84. The van der Waals surface area contributed by atoms with Crippen molar-refractivity contribution in [2.75, 3.05) is 32.7 Å². The van der Waals surface area contributed by atoms with E-state index in [1.54, 1.807) is 6.20 Å². The molecule has 2 aromatic carbocycles. The third-order valence-corrected chi connectivity index (χ3v) is 11.5. The van der Waals surface area contributed by atoms with Gasteiger partial charge in [-0.2, -0.15) is 0 Å². The van der Waals surface area contributed by atoms with Crippen molar-refractivity contribution in [1.82, 2.24) is 35.1 Å². The molecule has 5 amide bonds. The van der Waals surface area contributed by atoms with Gasteiger partial charge in [0.15, 0.2) is 0 Å². The number of hydrogen-bond donors (Lipinski definition) is 5. The number of piperidine rings is 1. The fourth-order valence-corrected chi connectivity index (χ4v) is 8.14. The second-order valence-corrected chi connectivity index (χ2v) is 16.7. The second-order valence-electron chi connectivity index (χ2n) is 16.7. The lowest BCUT2D eigenvalue weighted by Gasteiger charge is -2.54. The van der Waals surface area contributed by atoms with E-state index in [4.69, 9.17) is 11.5 Å². The average molecular weight is 806 g/mol. The number of aromatic nitrogens is 2. The van der Waals surface area contributed by atoms with Crippen LogP contribution >= 0.6 is 0 Å². The van der Waals surface area contributed by atoms with Crippen molar-refractivity contribution in [3.8, 4) is 0 Å². The summed E-state index contributed by atoms with van der Waals surface area (Å²) < 4.78 is 1.84. The molecular weight excluding hydrogens is 747 g/mol. The zero-order valence-corrected chi connectivity index (χ0v) is 34.2. The minimum atomic E-state index is -1.01. The van der Waals surface area contributed by atoms with Crippen LogP contribution in [0.1, 0.15) is 74.0 Å². The largest absolute Gasteiger partial charge is 0.343 e. The first kappa shape index (κ1) is 43.0. The highest BCUT2D eigenvalue weighted by atomic mass is 16.2. The van der Waals surface area contributed by atoms with Gasteiger partial charge in [0.05, 0.1) is 6.04 Å². The van der Waals surface area contributed by atoms with Gasteiger partial charge in [0.25, 0.3) is 5.91 Å². The van der Waals surface area contributed by atoms with Crippen LogP contribution < -0.4 is 27.4 Å². The lowest BCUT2D eigenvalue weighted by molar-refractivity contribution is -0.141. The zero-order chi connectivity index (χ0) is 41.9. The predicted molar refractivity (Wildman–Crippen MR) is 226 cm³/mol. The Morgan fingerprint density at radius 1 is 0.729 bits per heavy atom. The minimum absolute atomic E-state index is 0.0267. The van der Waals surface area contributed by atoms with E-state index in [-0.39, 0.29) is 29.6 Å². The van der Waals surface area contributed by atoms with E-state index in [9.17, 15) is 24.0 Å². The van der Waals surface area contributed by atoms with Crippen LogP contribution in [0.4, 0.5) is 0 Å². The number of hydrogen-bond acceptors (Lipinski definition) is 8. The number of benzene rings is 2. The highest BCUT2D eigenvalue weighted by molar-refractivity contribution is 5.95. The van der Waals surface area contributed by atoms with E-state index in [0.29, 0.717) is 70.5 Å². The first-order valence-electron chi connectivity index (χ1n) is 20.9. The van der Waals surface area contributed by atoms with E-state index in [2.05, 4.69) is 20.9 Å². The summed E-state index contributed by atoms with van der Waals surface area (Å²) in [6.45, 7) is 6.62. The van der Waals surface area contributed by atoms with Crippen LogP contribution in [0.2, 0.25) is 0 Å². The molecule has 59 heavy (non-hydrogen) atoms. The number of nitrogens with two attached hydrogens (primary N) is 2. The molecule has 2 fully saturated rings. The number of unbranched alkanes of at least 4 members (excludes halogenated alkanes) is 1. The summed E-state index contributed by atoms with van der Waals surface area (Å²) in [4.78, 5) is 77.1. The van der Waals surface area contributed by atoms with E-state index in [1.807, 2.05) is 113 Å². The van der Waals surface area contributed by atoms with Crippen molar-refractivity contribution in [2.24, 2.45) is 22.8 Å². The average Bonchev–Trinajstić information content (AvgIpc) is 3.67. The summed E-state index contributed by atoms with van der Waals surface area (Å²) in [5.74, 6) is -1.69. The summed E-state index contributed by atoms with van der Waals surface area (Å²) in [5.41, 5.74) is 14.9. The molecule has 0 radical (unpaired) electrons. The molecule has 6 rings (SSSR count). The number of amides is 5. The number of carbonyl (C=O) groups excluding carboxylic acids is 5. The third-order valence-electron chi connectivity index (χ3n) is 11.5. The van der Waals surface area contributed by atoms with Crippen molar-refractivity contribution in [3.63, 3.8) is 0 Å². The molecule has 314 valence electrons. The van der Waals surface area contributed by atoms with Gasteiger partial charge in [-0.25, -0.2) is 4.98 Å².